The molecule has 1 aromatic heterocycles. The summed E-state index contributed by atoms with van der Waals surface area (Å²) >= 11 is 1.48. The highest BCUT2D eigenvalue weighted by Gasteiger charge is 2.21. The minimum Gasteiger partial charge on any atom is -0.351 e. The minimum atomic E-state index is 0.0275. The van der Waals surface area contributed by atoms with Crippen LogP contribution in [-0.2, 0) is 11.3 Å². The van der Waals surface area contributed by atoms with Crippen LogP contribution in [0.15, 0.2) is 35.5 Å². The number of nitrogens with one attached hydrogen (secondary N) is 1. The van der Waals surface area contributed by atoms with Crippen LogP contribution in [0.3, 0.4) is 0 Å². The first-order chi connectivity index (χ1) is 11.7. The first-order valence-electron chi connectivity index (χ1n) is 8.59. The average Bonchev–Trinajstić information content (AvgIpc) is 3.00. The molecule has 1 amide bonds. The Morgan fingerprint density at radius 3 is 2.71 bits per heavy atom. The monoisotopic (exact) mass is 344 g/mol. The number of aryl methyl sites for hydroxylation is 1. The molecule has 0 unspecified atom stereocenters. The molecule has 6 heteroatoms. The fourth-order valence-electron chi connectivity index (χ4n) is 3.19. The van der Waals surface area contributed by atoms with E-state index in [-0.39, 0.29) is 5.91 Å². The predicted octanol–water partition coefficient (Wildman–Crippen LogP) is 3.50. The molecule has 128 valence electrons. The lowest BCUT2D eigenvalue weighted by Crippen LogP contribution is -2.25. The van der Waals surface area contributed by atoms with Crippen LogP contribution in [0.25, 0.3) is 0 Å². The Hall–Kier alpha value is -1.82. The number of hydrogen-bond acceptors (Lipinski definition) is 4. The Morgan fingerprint density at radius 1 is 1.21 bits per heavy atom. The number of rotatable bonds is 6. The number of carbonyl (C=O) groups excluding carboxylic acids is 1. The third kappa shape index (κ3) is 4.38. The van der Waals surface area contributed by atoms with Crippen molar-refractivity contribution in [3.63, 3.8) is 0 Å². The van der Waals surface area contributed by atoms with Crippen LogP contribution in [0.1, 0.15) is 49.5 Å². The van der Waals surface area contributed by atoms with Crippen molar-refractivity contribution in [2.45, 2.75) is 56.8 Å². The van der Waals surface area contributed by atoms with E-state index >= 15 is 0 Å². The number of benzene rings is 1. The van der Waals surface area contributed by atoms with E-state index in [0.717, 1.165) is 16.5 Å². The Bertz CT molecular complexity index is 665. The van der Waals surface area contributed by atoms with Crippen LogP contribution in [0.5, 0.6) is 0 Å². The standard InChI is InChI=1S/C18H24N4OS/c1-14-20-21-18(22(14)16-10-6-3-7-11-16)24-13-17(23)19-12-15-8-4-2-5-9-15/h2,4-5,8-9,16H,3,6-7,10-13H2,1H3,(H,19,23). The van der Waals surface area contributed by atoms with E-state index < -0.39 is 0 Å². The Kier molecular flexibility index (Phi) is 5.91. The molecule has 0 spiro atoms. The number of aromatic nitrogens is 3. The van der Waals surface area contributed by atoms with E-state index in [4.69, 9.17) is 0 Å². The molecular formula is C18H24N4OS. The van der Waals surface area contributed by atoms with Crippen molar-refractivity contribution < 1.29 is 4.79 Å². The summed E-state index contributed by atoms with van der Waals surface area (Å²) in [6.45, 7) is 2.57. The summed E-state index contributed by atoms with van der Waals surface area (Å²) in [5.74, 6) is 1.35. The van der Waals surface area contributed by atoms with Crippen LogP contribution in [-0.4, -0.2) is 26.4 Å². The molecule has 2 aromatic rings. The van der Waals surface area contributed by atoms with Crippen molar-refractivity contribution in [3.8, 4) is 0 Å². The molecule has 0 bridgehead atoms. The van der Waals surface area contributed by atoms with Gasteiger partial charge < -0.3 is 9.88 Å². The summed E-state index contributed by atoms with van der Waals surface area (Å²) < 4.78 is 2.23. The van der Waals surface area contributed by atoms with Gasteiger partial charge in [0.1, 0.15) is 5.82 Å². The number of carbonyl (C=O) groups is 1. The Morgan fingerprint density at radius 2 is 1.96 bits per heavy atom. The van der Waals surface area contributed by atoms with Crippen LogP contribution in [0.4, 0.5) is 0 Å². The highest BCUT2D eigenvalue weighted by Crippen LogP contribution is 2.32. The van der Waals surface area contributed by atoms with Gasteiger partial charge in [-0.25, -0.2) is 0 Å². The lowest BCUT2D eigenvalue weighted by molar-refractivity contribution is -0.118. The maximum atomic E-state index is 12.1. The number of nitrogens with zero attached hydrogens (tertiary/aromatic N) is 3. The van der Waals surface area contributed by atoms with Crippen LogP contribution in [0.2, 0.25) is 0 Å². The maximum absolute atomic E-state index is 12.1. The highest BCUT2D eigenvalue weighted by molar-refractivity contribution is 7.99. The molecule has 1 saturated carbocycles. The highest BCUT2D eigenvalue weighted by atomic mass is 32.2. The minimum absolute atomic E-state index is 0.0275. The predicted molar refractivity (Wildman–Crippen MR) is 95.9 cm³/mol. The summed E-state index contributed by atoms with van der Waals surface area (Å²) in [5.41, 5.74) is 1.11. The van der Waals surface area contributed by atoms with E-state index in [9.17, 15) is 4.79 Å². The average molecular weight is 344 g/mol. The van der Waals surface area contributed by atoms with Crippen LogP contribution < -0.4 is 5.32 Å². The van der Waals surface area contributed by atoms with Gasteiger partial charge in [-0.05, 0) is 25.3 Å². The molecule has 0 aliphatic heterocycles. The first kappa shape index (κ1) is 17.0. The molecule has 1 aromatic carbocycles. The maximum Gasteiger partial charge on any atom is 0.230 e. The smallest absolute Gasteiger partial charge is 0.230 e. The van der Waals surface area contributed by atoms with E-state index in [1.54, 1.807) is 0 Å². The molecule has 1 heterocycles. The molecule has 1 fully saturated rings. The van der Waals surface area contributed by atoms with E-state index in [0.29, 0.717) is 18.3 Å². The van der Waals surface area contributed by atoms with Crippen molar-refractivity contribution in [1.29, 1.82) is 0 Å². The lowest BCUT2D eigenvalue weighted by Gasteiger charge is -2.24. The third-order valence-electron chi connectivity index (χ3n) is 4.44. The summed E-state index contributed by atoms with van der Waals surface area (Å²) in [5, 5.41) is 12.3. The van der Waals surface area contributed by atoms with Crippen molar-refractivity contribution in [1.82, 2.24) is 20.1 Å². The zero-order chi connectivity index (χ0) is 16.8. The molecule has 1 N–H and O–H groups in total. The fourth-order valence-corrected chi connectivity index (χ4v) is 4.07. The van der Waals surface area contributed by atoms with Gasteiger partial charge in [-0.2, -0.15) is 0 Å². The zero-order valence-electron chi connectivity index (χ0n) is 14.1. The second kappa shape index (κ2) is 8.33. The van der Waals surface area contributed by atoms with E-state index in [1.807, 2.05) is 37.3 Å². The van der Waals surface area contributed by atoms with E-state index in [1.165, 1.54) is 43.9 Å². The van der Waals surface area contributed by atoms with Gasteiger partial charge in [0, 0.05) is 12.6 Å². The molecule has 24 heavy (non-hydrogen) atoms. The molecule has 1 aliphatic carbocycles. The summed E-state index contributed by atoms with van der Waals surface area (Å²) in [6.07, 6.45) is 6.23. The van der Waals surface area contributed by atoms with Gasteiger partial charge in [-0.3, -0.25) is 4.79 Å². The molecular weight excluding hydrogens is 320 g/mol. The normalized spacial score (nSPS) is 15.4. The SMILES string of the molecule is Cc1nnc(SCC(=O)NCc2ccccc2)n1C1CCCCC1. The molecule has 1 aliphatic rings. The first-order valence-corrected chi connectivity index (χ1v) is 9.57. The third-order valence-corrected chi connectivity index (χ3v) is 5.38. The van der Waals surface area contributed by atoms with Gasteiger partial charge in [0.05, 0.1) is 5.75 Å². The number of amides is 1. The topological polar surface area (TPSA) is 59.8 Å². The number of thioether (sulfide) groups is 1. The van der Waals surface area contributed by atoms with Gasteiger partial charge in [-0.15, -0.1) is 10.2 Å². The lowest BCUT2D eigenvalue weighted by atomic mass is 9.95. The van der Waals surface area contributed by atoms with Crippen molar-refractivity contribution in [3.05, 3.63) is 41.7 Å². The second-order valence-corrected chi connectivity index (χ2v) is 7.19. The zero-order valence-corrected chi connectivity index (χ0v) is 14.9. The number of hydrogen-bond donors (Lipinski definition) is 1. The fraction of sp³-hybridized carbons (Fsp3) is 0.500. The van der Waals surface area contributed by atoms with Crippen molar-refractivity contribution in [2.75, 3.05) is 5.75 Å². The van der Waals surface area contributed by atoms with E-state index in [2.05, 4.69) is 20.1 Å². The summed E-state index contributed by atoms with van der Waals surface area (Å²) in [7, 11) is 0. The van der Waals surface area contributed by atoms with Crippen molar-refractivity contribution >= 4 is 17.7 Å². The second-order valence-electron chi connectivity index (χ2n) is 6.24. The van der Waals surface area contributed by atoms with Gasteiger partial charge in [0.25, 0.3) is 0 Å². The Labute approximate surface area is 147 Å². The van der Waals surface area contributed by atoms with Gasteiger partial charge >= 0.3 is 0 Å². The van der Waals surface area contributed by atoms with Gasteiger partial charge in [-0.1, -0.05) is 61.4 Å². The largest absolute Gasteiger partial charge is 0.351 e. The summed E-state index contributed by atoms with van der Waals surface area (Å²) in [6, 6.07) is 10.4. The molecule has 0 radical (unpaired) electrons. The van der Waals surface area contributed by atoms with Crippen molar-refractivity contribution in [2.24, 2.45) is 0 Å². The van der Waals surface area contributed by atoms with Crippen LogP contribution in [0, 0.1) is 6.92 Å². The Balaban J connectivity index is 1.53. The van der Waals surface area contributed by atoms with Gasteiger partial charge in [0.15, 0.2) is 5.16 Å². The molecule has 5 nitrogen and oxygen atoms in total. The van der Waals surface area contributed by atoms with Gasteiger partial charge in [0.2, 0.25) is 5.91 Å². The van der Waals surface area contributed by atoms with Crippen LogP contribution >= 0.6 is 11.8 Å². The molecule has 3 rings (SSSR count). The quantitative estimate of drug-likeness (QED) is 0.815. The molecule has 0 saturated heterocycles. The molecule has 0 atom stereocenters. The summed E-state index contributed by atoms with van der Waals surface area (Å²) in [4.78, 5) is 12.1.